The van der Waals surface area contributed by atoms with Crippen LogP contribution in [0.1, 0.15) is 161 Å². The third-order valence-electron chi connectivity index (χ3n) is 7.93. The summed E-state index contributed by atoms with van der Waals surface area (Å²) in [6.45, 7) is 3.94. The molecule has 6 heteroatoms. The van der Waals surface area contributed by atoms with Gasteiger partial charge in [0.15, 0.2) is 0 Å². The quantitative estimate of drug-likeness (QED) is 0.0525. The highest BCUT2D eigenvalue weighted by Crippen LogP contribution is 2.19. The Morgan fingerprint density at radius 3 is 1.28 bits per heavy atom. The summed E-state index contributed by atoms with van der Waals surface area (Å²) in [5.41, 5.74) is 0. The predicted octanol–water partition coefficient (Wildman–Crippen LogP) is 8.62. The highest BCUT2D eigenvalue weighted by atomic mass is 16.6. The molecule has 0 N–H and O–H groups in total. The van der Waals surface area contributed by atoms with Gasteiger partial charge in [0.1, 0.15) is 12.7 Å². The normalized spacial score (nSPS) is 18.6. The SMILES string of the molecule is CC(COC(=O)CCCCCCCCCCCCC1CO1)OC(=O)CCCCCCCCCCCCC1CO1. The van der Waals surface area contributed by atoms with Crippen molar-refractivity contribution in [1.29, 1.82) is 0 Å². The van der Waals surface area contributed by atoms with E-state index in [0.717, 1.165) is 38.9 Å². The molecular formula is C33H60O6. The zero-order chi connectivity index (χ0) is 27.8. The average molecular weight is 553 g/mol. The predicted molar refractivity (Wildman–Crippen MR) is 157 cm³/mol. The van der Waals surface area contributed by atoms with Crippen LogP contribution in [0, 0.1) is 0 Å². The summed E-state index contributed by atoms with van der Waals surface area (Å²) in [6.07, 6.45) is 29.0. The molecule has 0 aromatic heterocycles. The molecule has 2 aliphatic rings. The second kappa shape index (κ2) is 23.6. The Labute approximate surface area is 239 Å². The van der Waals surface area contributed by atoms with Crippen LogP contribution in [0.2, 0.25) is 0 Å². The number of carbonyl (C=O) groups excluding carboxylic acids is 2. The van der Waals surface area contributed by atoms with Crippen LogP contribution in [0.5, 0.6) is 0 Å². The first-order valence-corrected chi connectivity index (χ1v) is 16.7. The standard InChI is InChI=1S/C33H60O6/c1-29(39-33(35)25-21-17-13-9-5-3-7-11-15-19-23-31-28-37-31)26-38-32(34)24-20-16-12-8-4-2-6-10-14-18-22-30-27-36-30/h29-31H,2-28H2,1H3. The molecule has 6 nitrogen and oxygen atoms in total. The van der Waals surface area contributed by atoms with Crippen LogP contribution in [0.3, 0.4) is 0 Å². The monoisotopic (exact) mass is 552 g/mol. The van der Waals surface area contributed by atoms with Gasteiger partial charge in [0.05, 0.1) is 25.4 Å². The molecule has 0 aliphatic carbocycles. The van der Waals surface area contributed by atoms with Crippen LogP contribution in [0.25, 0.3) is 0 Å². The molecule has 0 radical (unpaired) electrons. The fraction of sp³-hybridized carbons (Fsp3) is 0.939. The van der Waals surface area contributed by atoms with Gasteiger partial charge in [0, 0.05) is 12.8 Å². The average Bonchev–Trinajstić information content (AvgIpc) is 3.85. The molecule has 0 spiro atoms. The number of esters is 2. The molecule has 2 fully saturated rings. The van der Waals surface area contributed by atoms with Crippen molar-refractivity contribution in [3.63, 3.8) is 0 Å². The summed E-state index contributed by atoms with van der Waals surface area (Å²) in [7, 11) is 0. The zero-order valence-electron chi connectivity index (χ0n) is 25.3. The van der Waals surface area contributed by atoms with Crippen molar-refractivity contribution < 1.29 is 28.5 Å². The van der Waals surface area contributed by atoms with Crippen LogP contribution in [0.15, 0.2) is 0 Å². The summed E-state index contributed by atoms with van der Waals surface area (Å²) >= 11 is 0. The van der Waals surface area contributed by atoms with E-state index in [0.29, 0.717) is 25.0 Å². The van der Waals surface area contributed by atoms with Crippen LogP contribution in [-0.2, 0) is 28.5 Å². The number of carbonyl (C=O) groups is 2. The molecule has 2 saturated heterocycles. The van der Waals surface area contributed by atoms with E-state index in [1.54, 1.807) is 6.92 Å². The van der Waals surface area contributed by atoms with Crippen molar-refractivity contribution in [1.82, 2.24) is 0 Å². The Balaban J connectivity index is 1.24. The van der Waals surface area contributed by atoms with E-state index < -0.39 is 0 Å². The van der Waals surface area contributed by atoms with E-state index in [1.807, 2.05) is 0 Å². The summed E-state index contributed by atoms with van der Waals surface area (Å²) in [5, 5.41) is 0. The Kier molecular flexibility index (Phi) is 20.6. The fourth-order valence-electron chi connectivity index (χ4n) is 5.18. The smallest absolute Gasteiger partial charge is 0.306 e. The lowest BCUT2D eigenvalue weighted by Gasteiger charge is -2.13. The molecule has 2 heterocycles. The number of rotatable bonds is 29. The fourth-order valence-corrected chi connectivity index (χ4v) is 5.18. The molecule has 3 unspecified atom stereocenters. The van der Waals surface area contributed by atoms with Crippen LogP contribution in [-0.4, -0.2) is 50.1 Å². The van der Waals surface area contributed by atoms with Crippen LogP contribution in [0.4, 0.5) is 0 Å². The van der Waals surface area contributed by atoms with Crippen molar-refractivity contribution in [2.75, 3.05) is 19.8 Å². The van der Waals surface area contributed by atoms with Gasteiger partial charge in [-0.05, 0) is 32.6 Å². The minimum Gasteiger partial charge on any atom is -0.462 e. The third-order valence-corrected chi connectivity index (χ3v) is 7.93. The van der Waals surface area contributed by atoms with E-state index in [2.05, 4.69) is 0 Å². The van der Waals surface area contributed by atoms with Gasteiger partial charge in [-0.15, -0.1) is 0 Å². The molecule has 2 aliphatic heterocycles. The first kappa shape index (κ1) is 34.1. The van der Waals surface area contributed by atoms with Crippen molar-refractivity contribution >= 4 is 11.9 Å². The molecule has 0 bridgehead atoms. The Bertz CT molecular complexity index is 601. The second-order valence-corrected chi connectivity index (χ2v) is 12.0. The largest absolute Gasteiger partial charge is 0.462 e. The molecule has 39 heavy (non-hydrogen) atoms. The van der Waals surface area contributed by atoms with Gasteiger partial charge in [-0.3, -0.25) is 9.59 Å². The molecule has 0 saturated carbocycles. The number of hydrogen-bond acceptors (Lipinski definition) is 6. The van der Waals surface area contributed by atoms with Gasteiger partial charge in [-0.2, -0.15) is 0 Å². The van der Waals surface area contributed by atoms with Crippen molar-refractivity contribution in [3.8, 4) is 0 Å². The lowest BCUT2D eigenvalue weighted by atomic mass is 10.0. The molecule has 0 aromatic rings. The molecule has 228 valence electrons. The van der Waals surface area contributed by atoms with E-state index in [1.165, 1.54) is 116 Å². The van der Waals surface area contributed by atoms with Gasteiger partial charge in [-0.25, -0.2) is 0 Å². The Morgan fingerprint density at radius 2 is 0.897 bits per heavy atom. The van der Waals surface area contributed by atoms with Crippen molar-refractivity contribution in [2.24, 2.45) is 0 Å². The van der Waals surface area contributed by atoms with Gasteiger partial charge in [0.2, 0.25) is 0 Å². The van der Waals surface area contributed by atoms with Gasteiger partial charge < -0.3 is 18.9 Å². The van der Waals surface area contributed by atoms with E-state index in [9.17, 15) is 9.59 Å². The van der Waals surface area contributed by atoms with Crippen LogP contribution >= 0.6 is 0 Å². The molecule has 3 atom stereocenters. The van der Waals surface area contributed by atoms with Gasteiger partial charge in [0.25, 0.3) is 0 Å². The Morgan fingerprint density at radius 1 is 0.564 bits per heavy atom. The maximum atomic E-state index is 12.0. The third kappa shape index (κ3) is 23.3. The van der Waals surface area contributed by atoms with Crippen molar-refractivity contribution in [3.05, 3.63) is 0 Å². The van der Waals surface area contributed by atoms with E-state index in [4.69, 9.17) is 18.9 Å². The summed E-state index contributed by atoms with van der Waals surface area (Å²) in [4.78, 5) is 24.0. The summed E-state index contributed by atoms with van der Waals surface area (Å²) < 4.78 is 21.2. The first-order valence-electron chi connectivity index (χ1n) is 16.7. The highest BCUT2D eigenvalue weighted by molar-refractivity contribution is 5.70. The molecule has 0 aromatic carbocycles. The summed E-state index contributed by atoms with van der Waals surface area (Å²) in [5.74, 6) is -0.356. The second-order valence-electron chi connectivity index (χ2n) is 12.0. The molecular weight excluding hydrogens is 492 g/mol. The number of epoxide rings is 2. The van der Waals surface area contributed by atoms with E-state index >= 15 is 0 Å². The molecule has 2 rings (SSSR count). The highest BCUT2D eigenvalue weighted by Gasteiger charge is 2.21. The first-order chi connectivity index (χ1) is 19.1. The summed E-state index contributed by atoms with van der Waals surface area (Å²) in [6, 6.07) is 0. The topological polar surface area (TPSA) is 77.7 Å². The Hall–Kier alpha value is -1.14. The number of hydrogen-bond donors (Lipinski definition) is 0. The van der Waals surface area contributed by atoms with E-state index in [-0.39, 0.29) is 24.6 Å². The molecule has 0 amide bonds. The minimum atomic E-state index is -0.375. The van der Waals surface area contributed by atoms with Crippen molar-refractivity contribution in [2.45, 2.75) is 179 Å². The number of unbranched alkanes of at least 4 members (excludes halogenated alkanes) is 18. The van der Waals surface area contributed by atoms with Gasteiger partial charge >= 0.3 is 11.9 Å². The lowest BCUT2D eigenvalue weighted by Crippen LogP contribution is -2.22. The lowest BCUT2D eigenvalue weighted by molar-refractivity contribution is -0.158. The minimum absolute atomic E-state index is 0.159. The van der Waals surface area contributed by atoms with Gasteiger partial charge in [-0.1, -0.05) is 116 Å². The zero-order valence-corrected chi connectivity index (χ0v) is 25.3. The number of ether oxygens (including phenoxy) is 4. The van der Waals surface area contributed by atoms with Crippen LogP contribution < -0.4 is 0 Å². The maximum absolute atomic E-state index is 12.0. The maximum Gasteiger partial charge on any atom is 0.306 e.